The Morgan fingerprint density at radius 3 is 2.57 bits per heavy atom. The van der Waals surface area contributed by atoms with Gasteiger partial charge in [0.2, 0.25) is 0 Å². The number of hydrogen-bond acceptors (Lipinski definition) is 4. The van der Waals surface area contributed by atoms with Crippen LogP contribution in [0.25, 0.3) is 0 Å². The van der Waals surface area contributed by atoms with E-state index in [4.69, 9.17) is 9.57 Å². The Bertz CT molecular complexity index is 332. The van der Waals surface area contributed by atoms with E-state index in [2.05, 4.69) is 5.48 Å². The van der Waals surface area contributed by atoms with E-state index < -0.39 is 5.54 Å². The molecule has 0 bridgehead atoms. The largest absolute Gasteiger partial charge is 0.467 e. The van der Waals surface area contributed by atoms with Crippen LogP contribution >= 0.6 is 0 Å². The predicted octanol–water partition coefficient (Wildman–Crippen LogP) is 0.590. The number of nitrogens with one attached hydrogen (secondary N) is 1. The molecule has 0 spiro atoms. The van der Waals surface area contributed by atoms with Gasteiger partial charge in [-0.05, 0) is 5.56 Å². The molecule has 1 saturated heterocycles. The quantitative estimate of drug-likeness (QED) is 0.698. The van der Waals surface area contributed by atoms with Gasteiger partial charge in [-0.15, -0.1) is 0 Å². The summed E-state index contributed by atoms with van der Waals surface area (Å²) in [5.74, 6) is -0.324. The molecule has 0 radical (unpaired) electrons. The summed E-state index contributed by atoms with van der Waals surface area (Å²) >= 11 is 0. The third kappa shape index (κ3) is 1.20. The highest BCUT2D eigenvalue weighted by atomic mass is 16.7. The Labute approximate surface area is 81.8 Å². The number of carbonyl (C=O) groups excluding carboxylic acids is 1. The zero-order valence-electron chi connectivity index (χ0n) is 7.82. The molecular weight excluding hydrogens is 182 g/mol. The molecule has 4 heteroatoms. The predicted molar refractivity (Wildman–Crippen MR) is 49.2 cm³/mol. The maximum Gasteiger partial charge on any atom is 0.335 e. The van der Waals surface area contributed by atoms with Gasteiger partial charge in [-0.2, -0.15) is 5.48 Å². The van der Waals surface area contributed by atoms with E-state index in [1.807, 2.05) is 30.3 Å². The standard InChI is InChI=1S/C10H11NO3/c1-13-9(12)10(7-14-11-10)8-5-3-2-4-6-8/h2-6,11H,7H2,1H3. The highest BCUT2D eigenvalue weighted by Crippen LogP contribution is 2.28. The van der Waals surface area contributed by atoms with E-state index in [0.29, 0.717) is 6.61 Å². The Morgan fingerprint density at radius 2 is 2.14 bits per heavy atom. The van der Waals surface area contributed by atoms with Crippen molar-refractivity contribution in [3.63, 3.8) is 0 Å². The Morgan fingerprint density at radius 1 is 1.50 bits per heavy atom. The van der Waals surface area contributed by atoms with Crippen LogP contribution in [0.5, 0.6) is 0 Å². The number of methoxy groups -OCH3 is 1. The van der Waals surface area contributed by atoms with Crippen LogP contribution in [-0.2, 0) is 19.9 Å². The fourth-order valence-corrected chi connectivity index (χ4v) is 1.47. The van der Waals surface area contributed by atoms with E-state index in [1.165, 1.54) is 7.11 Å². The fraction of sp³-hybridized carbons (Fsp3) is 0.300. The van der Waals surface area contributed by atoms with Crippen LogP contribution in [0, 0.1) is 0 Å². The van der Waals surface area contributed by atoms with E-state index in [0.717, 1.165) is 5.56 Å². The highest BCUT2D eigenvalue weighted by Gasteiger charge is 2.48. The number of rotatable bonds is 2. The Kier molecular flexibility index (Phi) is 2.23. The van der Waals surface area contributed by atoms with Gasteiger partial charge in [-0.25, -0.2) is 4.79 Å². The van der Waals surface area contributed by atoms with Crippen molar-refractivity contribution < 1.29 is 14.4 Å². The normalized spacial score (nSPS) is 25.2. The third-order valence-corrected chi connectivity index (χ3v) is 2.34. The van der Waals surface area contributed by atoms with Crippen molar-refractivity contribution in [3.05, 3.63) is 35.9 Å². The van der Waals surface area contributed by atoms with Crippen molar-refractivity contribution in [3.8, 4) is 0 Å². The molecule has 1 heterocycles. The minimum absolute atomic E-state index is 0.309. The number of esters is 1. The molecule has 1 N–H and O–H groups in total. The summed E-state index contributed by atoms with van der Waals surface area (Å²) in [5, 5.41) is 0. The van der Waals surface area contributed by atoms with Gasteiger partial charge in [-0.3, -0.25) is 4.84 Å². The van der Waals surface area contributed by atoms with Crippen LogP contribution in [0.3, 0.4) is 0 Å². The average molecular weight is 193 g/mol. The lowest BCUT2D eigenvalue weighted by Gasteiger charge is -2.39. The van der Waals surface area contributed by atoms with Crippen LogP contribution in [-0.4, -0.2) is 19.7 Å². The second kappa shape index (κ2) is 3.40. The molecule has 14 heavy (non-hydrogen) atoms. The molecule has 0 aromatic heterocycles. The summed E-state index contributed by atoms with van der Waals surface area (Å²) in [6, 6.07) is 9.38. The summed E-state index contributed by atoms with van der Waals surface area (Å²) in [4.78, 5) is 16.4. The molecule has 74 valence electrons. The van der Waals surface area contributed by atoms with Gasteiger partial charge >= 0.3 is 5.97 Å². The second-order valence-corrected chi connectivity index (χ2v) is 3.15. The lowest BCUT2D eigenvalue weighted by atomic mass is 9.90. The lowest BCUT2D eigenvalue weighted by molar-refractivity contribution is -0.198. The Balaban J connectivity index is 2.34. The first-order chi connectivity index (χ1) is 6.79. The first-order valence-electron chi connectivity index (χ1n) is 4.32. The highest BCUT2D eigenvalue weighted by molar-refractivity contribution is 5.83. The molecule has 1 aliphatic rings. The van der Waals surface area contributed by atoms with E-state index in [1.54, 1.807) is 0 Å². The van der Waals surface area contributed by atoms with Crippen molar-refractivity contribution in [1.82, 2.24) is 5.48 Å². The number of carbonyl (C=O) groups is 1. The summed E-state index contributed by atoms with van der Waals surface area (Å²) in [6.07, 6.45) is 0. The van der Waals surface area contributed by atoms with E-state index in [9.17, 15) is 4.79 Å². The molecule has 1 atom stereocenters. The van der Waals surface area contributed by atoms with Crippen LogP contribution < -0.4 is 5.48 Å². The van der Waals surface area contributed by atoms with Crippen LogP contribution in [0.15, 0.2) is 30.3 Å². The third-order valence-electron chi connectivity index (χ3n) is 2.34. The summed E-state index contributed by atoms with van der Waals surface area (Å²) in [7, 11) is 1.37. The van der Waals surface area contributed by atoms with Crippen LogP contribution in [0.1, 0.15) is 5.56 Å². The van der Waals surface area contributed by atoms with E-state index >= 15 is 0 Å². The summed E-state index contributed by atoms with van der Waals surface area (Å²) < 4.78 is 4.73. The number of ether oxygens (including phenoxy) is 1. The van der Waals surface area contributed by atoms with Gasteiger partial charge in [0.15, 0.2) is 5.54 Å². The van der Waals surface area contributed by atoms with Crippen molar-refractivity contribution in [1.29, 1.82) is 0 Å². The zero-order chi connectivity index (χ0) is 10.0. The molecule has 4 nitrogen and oxygen atoms in total. The van der Waals surface area contributed by atoms with Gasteiger partial charge in [0.25, 0.3) is 0 Å². The number of benzene rings is 1. The molecule has 1 fully saturated rings. The zero-order valence-corrected chi connectivity index (χ0v) is 7.82. The molecule has 1 aromatic rings. The van der Waals surface area contributed by atoms with Crippen molar-refractivity contribution in [2.75, 3.05) is 13.7 Å². The van der Waals surface area contributed by atoms with Crippen molar-refractivity contribution in [2.45, 2.75) is 5.54 Å². The number of hydrogen-bond donors (Lipinski definition) is 1. The first-order valence-corrected chi connectivity index (χ1v) is 4.32. The van der Waals surface area contributed by atoms with E-state index in [-0.39, 0.29) is 5.97 Å². The van der Waals surface area contributed by atoms with Crippen LogP contribution in [0.2, 0.25) is 0 Å². The molecule has 1 unspecified atom stereocenters. The molecule has 1 aromatic carbocycles. The minimum atomic E-state index is -0.810. The van der Waals surface area contributed by atoms with Gasteiger partial charge in [0.05, 0.1) is 7.11 Å². The maximum atomic E-state index is 11.6. The summed E-state index contributed by atoms with van der Waals surface area (Å²) in [6.45, 7) is 0.309. The maximum absolute atomic E-state index is 11.6. The fourth-order valence-electron chi connectivity index (χ4n) is 1.47. The smallest absolute Gasteiger partial charge is 0.335 e. The second-order valence-electron chi connectivity index (χ2n) is 3.15. The average Bonchev–Trinajstić information content (AvgIpc) is 2.17. The van der Waals surface area contributed by atoms with Crippen LogP contribution in [0.4, 0.5) is 0 Å². The van der Waals surface area contributed by atoms with Crippen molar-refractivity contribution in [2.24, 2.45) is 0 Å². The SMILES string of the molecule is COC(=O)C1(c2ccccc2)CON1. The number of hydroxylamine groups is 1. The minimum Gasteiger partial charge on any atom is -0.467 e. The first kappa shape index (κ1) is 9.18. The molecule has 0 saturated carbocycles. The topological polar surface area (TPSA) is 47.6 Å². The monoisotopic (exact) mass is 193 g/mol. The Hall–Kier alpha value is -1.39. The molecule has 0 amide bonds. The van der Waals surface area contributed by atoms with Crippen molar-refractivity contribution >= 4 is 5.97 Å². The van der Waals surface area contributed by atoms with Gasteiger partial charge in [0.1, 0.15) is 6.61 Å². The van der Waals surface area contributed by atoms with Gasteiger partial charge in [-0.1, -0.05) is 30.3 Å². The van der Waals surface area contributed by atoms with Gasteiger partial charge < -0.3 is 4.74 Å². The summed E-state index contributed by atoms with van der Waals surface area (Å²) in [5.41, 5.74) is 2.70. The molecule has 1 aliphatic heterocycles. The molecule has 2 rings (SSSR count). The molecule has 0 aliphatic carbocycles. The molecular formula is C10H11NO3. The van der Waals surface area contributed by atoms with Gasteiger partial charge in [0, 0.05) is 0 Å². The lowest BCUT2D eigenvalue weighted by Crippen LogP contribution is -2.62.